The molecule has 0 N–H and O–H groups in total. The molecule has 0 aromatic rings. The molecule has 0 aliphatic rings. The van der Waals surface area contributed by atoms with E-state index in [2.05, 4.69) is 11.3 Å². The van der Waals surface area contributed by atoms with Crippen molar-refractivity contribution in [2.24, 2.45) is 0 Å². The third kappa shape index (κ3) is 17.3. The third-order valence-corrected chi connectivity index (χ3v) is 4.27. The molecule has 0 aliphatic heterocycles. The summed E-state index contributed by atoms with van der Waals surface area (Å²) < 4.78 is 4.63. The Hall–Kier alpha value is -0.790. The van der Waals surface area contributed by atoms with Crippen molar-refractivity contribution in [1.29, 1.82) is 0 Å². The van der Waals surface area contributed by atoms with E-state index >= 15 is 0 Å². The van der Waals surface area contributed by atoms with Crippen LogP contribution in [0.4, 0.5) is 0 Å². The summed E-state index contributed by atoms with van der Waals surface area (Å²) in [5.41, 5.74) is 0. The molecule has 0 aliphatic carbocycles. The maximum absolute atomic E-state index is 10.9. The zero-order valence-electron chi connectivity index (χ0n) is 14.9. The summed E-state index contributed by atoms with van der Waals surface area (Å²) in [6.45, 7) is 3.76. The summed E-state index contributed by atoms with van der Waals surface area (Å²) >= 11 is 0. The molecule has 0 saturated carbocycles. The Bertz CT molecular complexity index is 248. The number of hydrogen-bond donors (Lipinski definition) is 0. The van der Waals surface area contributed by atoms with Gasteiger partial charge in [-0.1, -0.05) is 83.1 Å². The van der Waals surface area contributed by atoms with Crippen molar-refractivity contribution < 1.29 is 9.53 Å². The molecule has 0 spiro atoms. The van der Waals surface area contributed by atoms with Crippen molar-refractivity contribution in [3.63, 3.8) is 0 Å². The Labute approximate surface area is 138 Å². The van der Waals surface area contributed by atoms with Crippen LogP contribution in [0, 0.1) is 0 Å². The van der Waals surface area contributed by atoms with Gasteiger partial charge in [-0.05, 0) is 19.3 Å². The summed E-state index contributed by atoms with van der Waals surface area (Å²) in [5, 5.41) is 0. The Morgan fingerprint density at radius 2 is 1.09 bits per heavy atom. The number of rotatable bonds is 17. The normalized spacial score (nSPS) is 10.6. The van der Waals surface area contributed by atoms with Crippen LogP contribution >= 0.6 is 0 Å². The lowest BCUT2D eigenvalue weighted by Crippen LogP contribution is -1.99. The first-order valence-corrected chi connectivity index (χ1v) is 9.49. The first-order valence-electron chi connectivity index (χ1n) is 9.49. The van der Waals surface area contributed by atoms with E-state index in [9.17, 15) is 4.79 Å². The maximum atomic E-state index is 10.9. The van der Waals surface area contributed by atoms with Gasteiger partial charge in [0.25, 0.3) is 0 Å². The lowest BCUT2D eigenvalue weighted by molar-refractivity contribution is -0.140. The molecule has 0 unspecified atom stereocenters. The van der Waals surface area contributed by atoms with Gasteiger partial charge in [0, 0.05) is 6.42 Å². The van der Waals surface area contributed by atoms with E-state index in [1.54, 1.807) is 0 Å². The number of methoxy groups -OCH3 is 1. The number of unbranched alkanes of at least 4 members (excludes halogenated alkanes) is 14. The average molecular weight is 311 g/mol. The molecular formula is C20H38O2. The maximum Gasteiger partial charge on any atom is 0.305 e. The topological polar surface area (TPSA) is 26.3 Å². The highest BCUT2D eigenvalue weighted by molar-refractivity contribution is 5.68. The quantitative estimate of drug-likeness (QED) is 0.172. The molecule has 130 valence electrons. The molecule has 0 heterocycles. The fraction of sp³-hybridized carbons (Fsp3) is 0.850. The van der Waals surface area contributed by atoms with Crippen LogP contribution in [0.3, 0.4) is 0 Å². The highest BCUT2D eigenvalue weighted by Crippen LogP contribution is 2.13. The minimum atomic E-state index is -0.0688. The van der Waals surface area contributed by atoms with Crippen molar-refractivity contribution in [1.82, 2.24) is 0 Å². The number of esters is 1. The highest BCUT2D eigenvalue weighted by Gasteiger charge is 1.99. The first-order chi connectivity index (χ1) is 10.8. The molecular weight excluding hydrogens is 272 g/mol. The number of allylic oxidation sites excluding steroid dienone is 1. The number of carbonyl (C=O) groups excluding carboxylic acids is 1. The molecule has 22 heavy (non-hydrogen) atoms. The molecule has 0 bridgehead atoms. The smallest absolute Gasteiger partial charge is 0.305 e. The number of ether oxygens (including phenoxy) is 1. The summed E-state index contributed by atoms with van der Waals surface area (Å²) in [5.74, 6) is -0.0688. The van der Waals surface area contributed by atoms with Crippen LogP contribution in [-0.2, 0) is 9.53 Å². The van der Waals surface area contributed by atoms with Crippen LogP contribution in [0.2, 0.25) is 0 Å². The van der Waals surface area contributed by atoms with Crippen LogP contribution in [0.25, 0.3) is 0 Å². The predicted molar refractivity (Wildman–Crippen MR) is 96.1 cm³/mol. The van der Waals surface area contributed by atoms with Crippen LogP contribution in [0.5, 0.6) is 0 Å². The van der Waals surface area contributed by atoms with Crippen molar-refractivity contribution in [3.05, 3.63) is 12.7 Å². The van der Waals surface area contributed by atoms with Gasteiger partial charge in [0.1, 0.15) is 0 Å². The Morgan fingerprint density at radius 1 is 0.727 bits per heavy atom. The molecule has 0 rings (SSSR count). The minimum absolute atomic E-state index is 0.0688. The van der Waals surface area contributed by atoms with E-state index in [-0.39, 0.29) is 5.97 Å². The zero-order chi connectivity index (χ0) is 16.3. The van der Waals surface area contributed by atoms with Gasteiger partial charge in [0.05, 0.1) is 7.11 Å². The monoisotopic (exact) mass is 310 g/mol. The Balaban J connectivity index is 2.99. The molecule has 2 heteroatoms. The van der Waals surface area contributed by atoms with E-state index < -0.39 is 0 Å². The largest absolute Gasteiger partial charge is 0.469 e. The van der Waals surface area contributed by atoms with Gasteiger partial charge < -0.3 is 4.74 Å². The molecule has 2 nitrogen and oxygen atoms in total. The van der Waals surface area contributed by atoms with E-state index in [0.29, 0.717) is 6.42 Å². The Kier molecular flexibility index (Phi) is 17.6. The van der Waals surface area contributed by atoms with Crippen molar-refractivity contribution >= 4 is 5.97 Å². The van der Waals surface area contributed by atoms with Crippen LogP contribution in [0.1, 0.15) is 103 Å². The van der Waals surface area contributed by atoms with Crippen molar-refractivity contribution in [2.75, 3.05) is 7.11 Å². The van der Waals surface area contributed by atoms with E-state index in [0.717, 1.165) is 6.42 Å². The molecule has 0 aromatic carbocycles. The second-order valence-corrected chi connectivity index (χ2v) is 6.35. The van der Waals surface area contributed by atoms with Gasteiger partial charge in [-0.25, -0.2) is 0 Å². The summed E-state index contributed by atoms with van der Waals surface area (Å²) in [6.07, 6.45) is 22.5. The summed E-state index contributed by atoms with van der Waals surface area (Å²) in [6, 6.07) is 0. The van der Waals surface area contributed by atoms with Gasteiger partial charge in [0.15, 0.2) is 0 Å². The Morgan fingerprint density at radius 3 is 1.45 bits per heavy atom. The molecule has 0 fully saturated rings. The summed E-state index contributed by atoms with van der Waals surface area (Å²) in [7, 11) is 1.46. The first kappa shape index (κ1) is 21.2. The lowest BCUT2D eigenvalue weighted by atomic mass is 10.0. The third-order valence-electron chi connectivity index (χ3n) is 4.27. The van der Waals surface area contributed by atoms with Gasteiger partial charge in [-0.15, -0.1) is 6.58 Å². The second-order valence-electron chi connectivity index (χ2n) is 6.35. The molecule has 0 saturated heterocycles. The predicted octanol–water partition coefficient (Wildman–Crippen LogP) is 6.59. The van der Waals surface area contributed by atoms with Crippen LogP contribution in [-0.4, -0.2) is 13.1 Å². The van der Waals surface area contributed by atoms with Gasteiger partial charge in [-0.2, -0.15) is 0 Å². The molecule has 0 amide bonds. The molecule has 0 aromatic heterocycles. The van der Waals surface area contributed by atoms with E-state index in [1.807, 2.05) is 6.08 Å². The average Bonchev–Trinajstić information content (AvgIpc) is 2.54. The van der Waals surface area contributed by atoms with Crippen molar-refractivity contribution in [2.45, 2.75) is 103 Å². The second kappa shape index (κ2) is 18.3. The van der Waals surface area contributed by atoms with Gasteiger partial charge in [-0.3, -0.25) is 4.79 Å². The standard InChI is InChI=1S/C20H38O2/c1-3-4-5-6-7-8-9-10-11-12-13-14-15-16-17-18-19-20(21)22-2/h3H,1,4-19H2,2H3. The number of carbonyl (C=O) groups is 1. The fourth-order valence-corrected chi connectivity index (χ4v) is 2.78. The molecule has 0 atom stereocenters. The van der Waals surface area contributed by atoms with Crippen LogP contribution in [0.15, 0.2) is 12.7 Å². The lowest BCUT2D eigenvalue weighted by Gasteiger charge is -2.03. The number of hydrogen-bond acceptors (Lipinski definition) is 2. The van der Waals surface area contributed by atoms with Gasteiger partial charge >= 0.3 is 5.97 Å². The minimum Gasteiger partial charge on any atom is -0.469 e. The summed E-state index contributed by atoms with van der Waals surface area (Å²) in [4.78, 5) is 10.9. The zero-order valence-corrected chi connectivity index (χ0v) is 14.9. The SMILES string of the molecule is C=CCCCCCCCCCCCCCCCCC(=O)OC. The highest BCUT2D eigenvalue weighted by atomic mass is 16.5. The van der Waals surface area contributed by atoms with E-state index in [4.69, 9.17) is 0 Å². The molecule has 0 radical (unpaired) electrons. The fourth-order valence-electron chi connectivity index (χ4n) is 2.78. The van der Waals surface area contributed by atoms with E-state index in [1.165, 1.54) is 97.0 Å². The van der Waals surface area contributed by atoms with Crippen LogP contribution < -0.4 is 0 Å². The van der Waals surface area contributed by atoms with Crippen molar-refractivity contribution in [3.8, 4) is 0 Å². The van der Waals surface area contributed by atoms with Gasteiger partial charge in [0.2, 0.25) is 0 Å².